The maximum atomic E-state index is 12.3. The molecule has 3 aromatic rings. The maximum absolute atomic E-state index is 12.3. The summed E-state index contributed by atoms with van der Waals surface area (Å²) in [4.78, 5) is 12.1. The van der Waals surface area contributed by atoms with Crippen LogP contribution in [0, 0.1) is 0 Å². The smallest absolute Gasteiger partial charge is 0.241 e. The number of carbonyl (C=O) groups is 1. The van der Waals surface area contributed by atoms with E-state index in [1.807, 2.05) is 0 Å². The topological polar surface area (TPSA) is 98.5 Å². The van der Waals surface area contributed by atoms with Crippen molar-refractivity contribution in [2.45, 2.75) is 17.9 Å². The van der Waals surface area contributed by atoms with Gasteiger partial charge in [0.25, 0.3) is 0 Å². The van der Waals surface area contributed by atoms with E-state index in [1.165, 1.54) is 18.2 Å². The number of halogens is 2. The average molecular weight is 465 g/mol. The molecule has 156 valence electrons. The largest absolute Gasteiger partial charge is 0.487 e. The van der Waals surface area contributed by atoms with Gasteiger partial charge in [-0.3, -0.25) is 4.79 Å². The van der Waals surface area contributed by atoms with E-state index in [0.717, 1.165) is 5.56 Å². The Kier molecular flexibility index (Phi) is 6.99. The second kappa shape index (κ2) is 9.49. The number of primary sulfonamides is 1. The second-order valence-electron chi connectivity index (χ2n) is 6.44. The summed E-state index contributed by atoms with van der Waals surface area (Å²) in [7, 11) is -4.09. The van der Waals surface area contributed by atoms with Gasteiger partial charge in [0.15, 0.2) is 0 Å². The lowest BCUT2D eigenvalue weighted by Crippen LogP contribution is -2.17. The molecular formula is C21H18Cl2N2O4S. The molecule has 0 spiro atoms. The van der Waals surface area contributed by atoms with Crippen LogP contribution in [0.5, 0.6) is 5.75 Å². The van der Waals surface area contributed by atoms with Gasteiger partial charge < -0.3 is 10.1 Å². The van der Waals surface area contributed by atoms with E-state index in [9.17, 15) is 13.2 Å². The fraction of sp³-hybridized carbons (Fsp3) is 0.0952. The number of rotatable bonds is 7. The predicted molar refractivity (Wildman–Crippen MR) is 117 cm³/mol. The number of hydrogen-bond donors (Lipinski definition) is 2. The van der Waals surface area contributed by atoms with Gasteiger partial charge in [-0.2, -0.15) is 0 Å². The molecule has 9 heteroatoms. The second-order valence-corrected chi connectivity index (χ2v) is 8.81. The number of carbonyl (C=O) groups excluding carboxylic acids is 1. The zero-order valence-corrected chi connectivity index (χ0v) is 18.0. The number of nitrogens with one attached hydrogen (secondary N) is 1. The lowest BCUT2D eigenvalue weighted by atomic mass is 10.1. The number of hydrogen-bond acceptors (Lipinski definition) is 4. The lowest BCUT2D eigenvalue weighted by molar-refractivity contribution is -0.115. The molecule has 1 amide bonds. The molecule has 0 unspecified atom stereocenters. The molecule has 3 N–H and O–H groups in total. The third-order valence-electron chi connectivity index (χ3n) is 4.13. The lowest BCUT2D eigenvalue weighted by Gasteiger charge is -2.13. The first kappa shape index (κ1) is 22.1. The molecule has 0 saturated heterocycles. The Bertz CT molecular complexity index is 1180. The zero-order valence-electron chi connectivity index (χ0n) is 15.6. The van der Waals surface area contributed by atoms with Crippen LogP contribution in [0.15, 0.2) is 71.6 Å². The number of amides is 1. The highest BCUT2D eigenvalue weighted by molar-refractivity contribution is 7.89. The van der Waals surface area contributed by atoms with E-state index in [4.69, 9.17) is 33.1 Å². The van der Waals surface area contributed by atoms with Crippen LogP contribution in [0.2, 0.25) is 10.0 Å². The van der Waals surface area contributed by atoms with Gasteiger partial charge in [0, 0.05) is 15.7 Å². The first-order valence-electron chi connectivity index (χ1n) is 8.80. The van der Waals surface area contributed by atoms with Crippen molar-refractivity contribution in [1.29, 1.82) is 0 Å². The minimum Gasteiger partial charge on any atom is -0.487 e. The van der Waals surface area contributed by atoms with Gasteiger partial charge in [0.1, 0.15) is 17.3 Å². The molecule has 0 radical (unpaired) electrons. The molecule has 0 fully saturated rings. The van der Waals surface area contributed by atoms with Crippen molar-refractivity contribution in [1.82, 2.24) is 0 Å². The van der Waals surface area contributed by atoms with Crippen LogP contribution < -0.4 is 15.2 Å². The van der Waals surface area contributed by atoms with E-state index in [0.29, 0.717) is 15.6 Å². The van der Waals surface area contributed by atoms with E-state index in [1.54, 1.807) is 48.5 Å². The summed E-state index contributed by atoms with van der Waals surface area (Å²) < 4.78 is 29.7. The summed E-state index contributed by atoms with van der Waals surface area (Å²) >= 11 is 12.0. The van der Waals surface area contributed by atoms with E-state index >= 15 is 0 Å². The van der Waals surface area contributed by atoms with Gasteiger partial charge >= 0.3 is 0 Å². The summed E-state index contributed by atoms with van der Waals surface area (Å²) in [5.74, 6) is -0.280. The minimum atomic E-state index is -4.09. The highest BCUT2D eigenvalue weighted by Crippen LogP contribution is 2.28. The molecular weight excluding hydrogens is 447 g/mol. The van der Waals surface area contributed by atoms with Crippen LogP contribution in [0.3, 0.4) is 0 Å². The Balaban J connectivity index is 1.77. The van der Waals surface area contributed by atoms with Gasteiger partial charge in [-0.05, 0) is 47.5 Å². The number of ether oxygens (including phenoxy) is 1. The molecule has 3 aromatic carbocycles. The summed E-state index contributed by atoms with van der Waals surface area (Å²) in [6, 6.07) is 18.2. The van der Waals surface area contributed by atoms with Crippen LogP contribution in [0.25, 0.3) is 0 Å². The van der Waals surface area contributed by atoms with Crippen molar-refractivity contribution < 1.29 is 17.9 Å². The average Bonchev–Trinajstić information content (AvgIpc) is 2.68. The van der Waals surface area contributed by atoms with Gasteiger partial charge in [0.2, 0.25) is 15.9 Å². The molecule has 0 aliphatic heterocycles. The van der Waals surface area contributed by atoms with Gasteiger partial charge in [-0.25, -0.2) is 13.6 Å². The number of benzene rings is 3. The van der Waals surface area contributed by atoms with Crippen molar-refractivity contribution in [2.75, 3.05) is 5.32 Å². The van der Waals surface area contributed by atoms with E-state index < -0.39 is 10.0 Å². The van der Waals surface area contributed by atoms with Crippen LogP contribution in [-0.4, -0.2) is 14.3 Å². The van der Waals surface area contributed by atoms with E-state index in [-0.39, 0.29) is 35.3 Å². The molecule has 6 nitrogen and oxygen atoms in total. The molecule has 0 atom stereocenters. The molecule has 0 aliphatic rings. The third-order valence-corrected chi connectivity index (χ3v) is 5.66. The Morgan fingerprint density at radius 1 is 1.00 bits per heavy atom. The molecule has 0 heterocycles. The van der Waals surface area contributed by atoms with E-state index in [2.05, 4.69) is 5.32 Å². The van der Waals surface area contributed by atoms with Crippen molar-refractivity contribution >= 4 is 44.8 Å². The quantitative estimate of drug-likeness (QED) is 0.540. The Morgan fingerprint density at radius 3 is 2.47 bits per heavy atom. The maximum Gasteiger partial charge on any atom is 0.241 e. The molecule has 0 aromatic heterocycles. The van der Waals surface area contributed by atoms with Crippen LogP contribution in [-0.2, 0) is 27.8 Å². The van der Waals surface area contributed by atoms with Crippen molar-refractivity contribution in [3.63, 3.8) is 0 Å². The standard InChI is InChI=1S/C21H18Cl2N2O4S/c22-16-6-3-4-14(10-16)13-29-19-9-8-17(12-20(19)30(24,27)28)25-21(26)11-15-5-1-2-7-18(15)23/h1-10,12H,11,13H2,(H,25,26)(H2,24,27,28). The normalized spacial score (nSPS) is 11.2. The summed E-state index contributed by atoms with van der Waals surface area (Å²) in [6.07, 6.45) is 0.0391. The van der Waals surface area contributed by atoms with Crippen LogP contribution in [0.4, 0.5) is 5.69 Å². The highest BCUT2D eigenvalue weighted by Gasteiger charge is 2.17. The fourth-order valence-corrected chi connectivity index (χ4v) is 3.85. The highest BCUT2D eigenvalue weighted by atomic mass is 35.5. The first-order chi connectivity index (χ1) is 14.2. The Morgan fingerprint density at radius 2 is 1.77 bits per heavy atom. The number of sulfonamides is 1. The summed E-state index contributed by atoms with van der Waals surface area (Å²) in [5, 5.41) is 9.00. The number of nitrogens with two attached hydrogens (primary N) is 1. The van der Waals surface area contributed by atoms with Crippen LogP contribution in [0.1, 0.15) is 11.1 Å². The summed E-state index contributed by atoms with van der Waals surface area (Å²) in [5.41, 5.74) is 1.69. The van der Waals surface area contributed by atoms with Gasteiger partial charge in [-0.1, -0.05) is 53.5 Å². The van der Waals surface area contributed by atoms with Crippen molar-refractivity contribution in [2.24, 2.45) is 5.14 Å². The zero-order chi connectivity index (χ0) is 21.7. The van der Waals surface area contributed by atoms with Crippen molar-refractivity contribution in [3.8, 4) is 5.75 Å². The summed E-state index contributed by atoms with van der Waals surface area (Å²) in [6.45, 7) is 0.0985. The van der Waals surface area contributed by atoms with Crippen LogP contribution >= 0.6 is 23.2 Å². The predicted octanol–water partition coefficient (Wildman–Crippen LogP) is 4.40. The monoisotopic (exact) mass is 464 g/mol. The van der Waals surface area contributed by atoms with Crippen molar-refractivity contribution in [3.05, 3.63) is 87.9 Å². The minimum absolute atomic E-state index is 0.0391. The van der Waals surface area contributed by atoms with Gasteiger partial charge in [0.05, 0.1) is 6.42 Å². The molecule has 30 heavy (non-hydrogen) atoms. The fourth-order valence-electron chi connectivity index (χ4n) is 2.74. The molecule has 0 aliphatic carbocycles. The third kappa shape index (κ3) is 5.96. The first-order valence-corrected chi connectivity index (χ1v) is 11.1. The molecule has 0 bridgehead atoms. The molecule has 3 rings (SSSR count). The SMILES string of the molecule is NS(=O)(=O)c1cc(NC(=O)Cc2ccccc2Cl)ccc1OCc1cccc(Cl)c1. The molecule has 0 saturated carbocycles. The Labute approximate surface area is 184 Å². The Hall–Kier alpha value is -2.58. The number of anilines is 1. The van der Waals surface area contributed by atoms with Gasteiger partial charge in [-0.15, -0.1) is 0 Å².